The van der Waals surface area contributed by atoms with Gasteiger partial charge in [0.2, 0.25) is 0 Å². The van der Waals surface area contributed by atoms with Crippen molar-refractivity contribution >= 4 is 26.8 Å². The summed E-state index contributed by atoms with van der Waals surface area (Å²) in [5.41, 5.74) is 1.30. The Kier molecular flexibility index (Phi) is 4.54. The molecule has 0 saturated carbocycles. The Hall–Kier alpha value is -1.01. The van der Waals surface area contributed by atoms with Crippen molar-refractivity contribution in [3.63, 3.8) is 0 Å². The molecule has 2 aliphatic rings. The quantitative estimate of drug-likeness (QED) is 0.922. The van der Waals surface area contributed by atoms with Gasteiger partial charge in [-0.25, -0.2) is 8.42 Å². The average Bonchev–Trinajstić information content (AvgIpc) is 2.86. The lowest BCUT2D eigenvalue weighted by Gasteiger charge is -2.23. The van der Waals surface area contributed by atoms with Crippen molar-refractivity contribution in [2.24, 2.45) is 4.99 Å². The maximum absolute atomic E-state index is 11.7. The number of hydrogen-bond acceptors (Lipinski definition) is 5. The zero-order valence-electron chi connectivity index (χ0n) is 11.9. The highest BCUT2D eigenvalue weighted by Crippen LogP contribution is 2.21. The fraction of sp³-hybridized carbons (Fsp3) is 0.533. The van der Waals surface area contributed by atoms with E-state index in [1.165, 1.54) is 5.56 Å². The molecule has 1 aromatic rings. The number of sulfone groups is 1. The Labute approximate surface area is 130 Å². The Morgan fingerprint density at radius 2 is 2.10 bits per heavy atom. The van der Waals surface area contributed by atoms with Crippen LogP contribution < -0.4 is 5.32 Å². The second-order valence-electron chi connectivity index (χ2n) is 5.69. The molecule has 0 spiro atoms. The van der Waals surface area contributed by atoms with Gasteiger partial charge >= 0.3 is 0 Å². The van der Waals surface area contributed by atoms with Crippen LogP contribution in [0.3, 0.4) is 0 Å². The van der Waals surface area contributed by atoms with Crippen molar-refractivity contribution in [1.82, 2.24) is 5.32 Å². The normalized spacial score (nSPS) is 28.1. The van der Waals surface area contributed by atoms with E-state index in [-0.39, 0.29) is 11.8 Å². The molecular weight excluding hydrogens is 304 g/mol. The highest BCUT2D eigenvalue weighted by molar-refractivity contribution is 8.14. The van der Waals surface area contributed by atoms with Crippen molar-refractivity contribution in [3.05, 3.63) is 35.9 Å². The molecule has 0 radical (unpaired) electrons. The van der Waals surface area contributed by atoms with Crippen molar-refractivity contribution in [2.75, 3.05) is 17.3 Å². The summed E-state index contributed by atoms with van der Waals surface area (Å²) in [5.74, 6) is 1.55. The molecule has 114 valence electrons. The van der Waals surface area contributed by atoms with E-state index in [9.17, 15) is 8.42 Å². The van der Waals surface area contributed by atoms with Crippen molar-refractivity contribution < 1.29 is 8.42 Å². The first-order chi connectivity index (χ1) is 10.1. The number of aliphatic imine (C=N–C) groups is 1. The summed E-state index contributed by atoms with van der Waals surface area (Å²) in [4.78, 5) is 4.70. The van der Waals surface area contributed by atoms with Crippen LogP contribution in [-0.4, -0.2) is 42.9 Å². The minimum atomic E-state index is -2.86. The Balaban J connectivity index is 1.56. The fourth-order valence-electron chi connectivity index (χ4n) is 2.80. The van der Waals surface area contributed by atoms with Gasteiger partial charge in [-0.1, -0.05) is 42.1 Å². The molecule has 2 unspecified atom stereocenters. The van der Waals surface area contributed by atoms with Crippen molar-refractivity contribution in [2.45, 2.75) is 31.3 Å². The van der Waals surface area contributed by atoms with E-state index in [4.69, 9.17) is 4.99 Å². The SMILES string of the molecule is O=S1(=O)CCCC(NC2=NC(Cc3ccccc3)CS2)C1. The molecule has 2 atom stereocenters. The molecule has 4 nitrogen and oxygen atoms in total. The minimum absolute atomic E-state index is 0.0328. The van der Waals surface area contributed by atoms with Gasteiger partial charge in [-0.15, -0.1) is 0 Å². The maximum Gasteiger partial charge on any atom is 0.157 e. The predicted molar refractivity (Wildman–Crippen MR) is 88.6 cm³/mol. The van der Waals surface area contributed by atoms with Crippen LogP contribution in [0.1, 0.15) is 18.4 Å². The van der Waals surface area contributed by atoms with E-state index in [0.717, 1.165) is 30.2 Å². The van der Waals surface area contributed by atoms with Crippen LogP contribution in [0.5, 0.6) is 0 Å². The maximum atomic E-state index is 11.7. The molecule has 3 rings (SSSR count). The molecule has 1 aromatic carbocycles. The van der Waals surface area contributed by atoms with Gasteiger partial charge in [0.25, 0.3) is 0 Å². The van der Waals surface area contributed by atoms with E-state index in [0.29, 0.717) is 11.8 Å². The summed E-state index contributed by atoms with van der Waals surface area (Å²) < 4.78 is 23.3. The summed E-state index contributed by atoms with van der Waals surface area (Å²) in [7, 11) is -2.86. The third-order valence-corrected chi connectivity index (χ3v) is 6.69. The first-order valence-electron chi connectivity index (χ1n) is 7.32. The number of nitrogens with one attached hydrogen (secondary N) is 1. The number of hydrogen-bond donors (Lipinski definition) is 1. The van der Waals surface area contributed by atoms with Crippen LogP contribution >= 0.6 is 11.8 Å². The molecule has 6 heteroatoms. The summed E-state index contributed by atoms with van der Waals surface area (Å²) >= 11 is 1.71. The number of benzene rings is 1. The molecule has 0 bridgehead atoms. The number of amidine groups is 1. The lowest BCUT2D eigenvalue weighted by molar-refractivity contribution is 0.532. The molecule has 2 heterocycles. The zero-order chi connectivity index (χ0) is 14.7. The smallest absolute Gasteiger partial charge is 0.157 e. The van der Waals surface area contributed by atoms with Crippen LogP contribution in [0.2, 0.25) is 0 Å². The highest BCUT2D eigenvalue weighted by atomic mass is 32.2. The Morgan fingerprint density at radius 3 is 2.86 bits per heavy atom. The predicted octanol–water partition coefficient (Wildman–Crippen LogP) is 1.87. The fourth-order valence-corrected chi connectivity index (χ4v) is 5.45. The van der Waals surface area contributed by atoms with Gasteiger partial charge in [-0.2, -0.15) is 0 Å². The monoisotopic (exact) mass is 324 g/mol. The lowest BCUT2D eigenvalue weighted by atomic mass is 10.1. The highest BCUT2D eigenvalue weighted by Gasteiger charge is 2.27. The van der Waals surface area contributed by atoms with Crippen molar-refractivity contribution in [3.8, 4) is 0 Å². The first-order valence-corrected chi connectivity index (χ1v) is 10.1. The van der Waals surface area contributed by atoms with Crippen LogP contribution in [0, 0.1) is 0 Å². The summed E-state index contributed by atoms with van der Waals surface area (Å²) in [6, 6.07) is 10.7. The molecule has 21 heavy (non-hydrogen) atoms. The van der Waals surface area contributed by atoms with Gasteiger partial charge in [0, 0.05) is 11.8 Å². The first kappa shape index (κ1) is 14.9. The molecule has 1 N–H and O–H groups in total. The van der Waals surface area contributed by atoms with Gasteiger partial charge in [-0.05, 0) is 24.8 Å². The molecular formula is C15H20N2O2S2. The van der Waals surface area contributed by atoms with Crippen molar-refractivity contribution in [1.29, 1.82) is 0 Å². The van der Waals surface area contributed by atoms with E-state index in [1.54, 1.807) is 11.8 Å². The third-order valence-electron chi connectivity index (χ3n) is 3.82. The largest absolute Gasteiger partial charge is 0.361 e. The van der Waals surface area contributed by atoms with Gasteiger partial charge in [0.1, 0.15) is 0 Å². The van der Waals surface area contributed by atoms with Crippen LogP contribution in [0.25, 0.3) is 0 Å². The molecule has 1 saturated heterocycles. The van der Waals surface area contributed by atoms with Crippen LogP contribution in [0.4, 0.5) is 0 Å². The summed E-state index contributed by atoms with van der Waals surface area (Å²) in [5, 5.41) is 4.24. The van der Waals surface area contributed by atoms with E-state index < -0.39 is 9.84 Å². The molecule has 2 aliphatic heterocycles. The third kappa shape index (κ3) is 4.23. The van der Waals surface area contributed by atoms with Crippen LogP contribution in [-0.2, 0) is 16.3 Å². The van der Waals surface area contributed by atoms with Gasteiger partial charge in [0.05, 0.1) is 17.5 Å². The Bertz CT molecular complexity index is 614. The summed E-state index contributed by atoms with van der Waals surface area (Å²) in [6.07, 6.45) is 2.62. The average molecular weight is 324 g/mol. The van der Waals surface area contributed by atoms with Gasteiger partial charge in [-0.3, -0.25) is 4.99 Å². The second kappa shape index (κ2) is 6.40. The molecule has 0 amide bonds. The zero-order valence-corrected chi connectivity index (χ0v) is 13.5. The second-order valence-corrected chi connectivity index (χ2v) is 8.92. The summed E-state index contributed by atoms with van der Waals surface area (Å²) in [6.45, 7) is 0. The molecule has 0 aliphatic carbocycles. The molecule has 1 fully saturated rings. The van der Waals surface area contributed by atoms with E-state index in [2.05, 4.69) is 17.4 Å². The lowest BCUT2D eigenvalue weighted by Crippen LogP contribution is -2.41. The minimum Gasteiger partial charge on any atom is -0.361 e. The van der Waals surface area contributed by atoms with Crippen LogP contribution in [0.15, 0.2) is 35.3 Å². The number of rotatable bonds is 3. The van der Waals surface area contributed by atoms with E-state index >= 15 is 0 Å². The van der Waals surface area contributed by atoms with Gasteiger partial charge < -0.3 is 5.32 Å². The van der Waals surface area contributed by atoms with E-state index in [1.807, 2.05) is 18.2 Å². The number of nitrogens with zero attached hydrogens (tertiary/aromatic N) is 1. The number of thioether (sulfide) groups is 1. The van der Waals surface area contributed by atoms with Gasteiger partial charge in [0.15, 0.2) is 15.0 Å². The topological polar surface area (TPSA) is 58.5 Å². The Morgan fingerprint density at radius 1 is 1.29 bits per heavy atom. The standard InChI is InChI=1S/C15H20N2O2S2/c18-21(19)8-4-7-13(11-21)16-15-17-14(10-20-15)9-12-5-2-1-3-6-12/h1-3,5-6,13-14H,4,7-11H2,(H,16,17). The molecule has 0 aromatic heterocycles.